The Bertz CT molecular complexity index is 1080. The first kappa shape index (κ1) is 21.6. The van der Waals surface area contributed by atoms with E-state index < -0.39 is 10.0 Å². The molecule has 2 aromatic rings. The largest absolute Gasteiger partial charge is 0.493 e. The van der Waals surface area contributed by atoms with Gasteiger partial charge in [-0.3, -0.25) is 4.79 Å². The van der Waals surface area contributed by atoms with Gasteiger partial charge < -0.3 is 9.64 Å². The second kappa shape index (κ2) is 8.85. The summed E-state index contributed by atoms with van der Waals surface area (Å²) in [6, 6.07) is 13.0. The Hall–Kier alpha value is -2.64. The summed E-state index contributed by atoms with van der Waals surface area (Å²) < 4.78 is 32.9. The highest BCUT2D eigenvalue weighted by atomic mass is 32.2. The highest BCUT2D eigenvalue weighted by Crippen LogP contribution is 2.26. The highest BCUT2D eigenvalue weighted by Gasteiger charge is 2.29. The molecule has 0 aromatic heterocycles. The molecule has 0 spiro atoms. The molecule has 164 valence electrons. The van der Waals surface area contributed by atoms with Crippen molar-refractivity contribution < 1.29 is 17.9 Å². The molecule has 31 heavy (non-hydrogen) atoms. The number of nitrogens with zero attached hydrogens (tertiary/aromatic N) is 2. The van der Waals surface area contributed by atoms with Crippen LogP contribution in [-0.4, -0.2) is 56.3 Å². The number of carbonyl (C=O) groups excluding carboxylic acids is 1. The number of hydrogen-bond donors (Lipinski definition) is 0. The molecular formula is C24H28N2O4S. The second-order valence-electron chi connectivity index (χ2n) is 8.25. The van der Waals surface area contributed by atoms with Crippen LogP contribution in [0.2, 0.25) is 0 Å². The van der Waals surface area contributed by atoms with Gasteiger partial charge in [-0.1, -0.05) is 32.0 Å². The third kappa shape index (κ3) is 4.67. The van der Waals surface area contributed by atoms with E-state index in [1.807, 2.05) is 30.3 Å². The van der Waals surface area contributed by atoms with E-state index in [0.717, 1.165) is 28.9 Å². The molecule has 4 rings (SSSR count). The summed E-state index contributed by atoms with van der Waals surface area (Å²) in [5.41, 5.74) is 3.23. The number of benzene rings is 2. The molecule has 0 aliphatic carbocycles. The molecular weight excluding hydrogens is 412 g/mol. The van der Waals surface area contributed by atoms with Crippen molar-refractivity contribution in [3.63, 3.8) is 0 Å². The summed E-state index contributed by atoms with van der Waals surface area (Å²) in [6.07, 6.45) is 4.26. The molecule has 7 heteroatoms. The van der Waals surface area contributed by atoms with Crippen LogP contribution in [0, 0.1) is 0 Å². The van der Waals surface area contributed by atoms with Gasteiger partial charge in [-0.15, -0.1) is 0 Å². The fourth-order valence-corrected chi connectivity index (χ4v) is 5.33. The van der Waals surface area contributed by atoms with Crippen LogP contribution in [0.15, 0.2) is 53.4 Å². The lowest BCUT2D eigenvalue weighted by atomic mass is 10.0. The molecule has 1 fully saturated rings. The maximum atomic E-state index is 12.9. The van der Waals surface area contributed by atoms with Gasteiger partial charge in [-0.2, -0.15) is 4.31 Å². The Morgan fingerprint density at radius 2 is 1.74 bits per heavy atom. The predicted octanol–water partition coefficient (Wildman–Crippen LogP) is 3.29. The molecule has 1 saturated heterocycles. The lowest BCUT2D eigenvalue weighted by Crippen LogP contribution is -2.50. The molecule has 2 aliphatic rings. The molecule has 2 aromatic carbocycles. The van der Waals surface area contributed by atoms with Crippen LogP contribution in [0.1, 0.15) is 36.5 Å². The van der Waals surface area contributed by atoms with E-state index in [1.165, 1.54) is 4.31 Å². The Labute approximate surface area is 184 Å². The van der Waals surface area contributed by atoms with Crippen LogP contribution in [0.5, 0.6) is 5.75 Å². The number of hydrogen-bond acceptors (Lipinski definition) is 4. The highest BCUT2D eigenvalue weighted by molar-refractivity contribution is 7.89. The van der Waals surface area contributed by atoms with Crippen molar-refractivity contribution in [2.45, 2.75) is 31.1 Å². The second-order valence-corrected chi connectivity index (χ2v) is 10.2. The lowest BCUT2D eigenvalue weighted by Gasteiger charge is -2.33. The van der Waals surface area contributed by atoms with Crippen molar-refractivity contribution in [2.24, 2.45) is 0 Å². The van der Waals surface area contributed by atoms with E-state index in [1.54, 1.807) is 29.2 Å². The normalized spacial score (nSPS) is 17.2. The third-order valence-electron chi connectivity index (χ3n) is 5.87. The van der Waals surface area contributed by atoms with E-state index in [9.17, 15) is 13.2 Å². The van der Waals surface area contributed by atoms with Crippen LogP contribution in [0.25, 0.3) is 6.08 Å². The number of piperazine rings is 1. The van der Waals surface area contributed by atoms with Gasteiger partial charge >= 0.3 is 0 Å². The third-order valence-corrected chi connectivity index (χ3v) is 7.78. The minimum absolute atomic E-state index is 0.102. The van der Waals surface area contributed by atoms with Crippen molar-refractivity contribution in [2.75, 3.05) is 32.8 Å². The zero-order chi connectivity index (χ0) is 22.0. The quantitative estimate of drug-likeness (QED) is 0.669. The van der Waals surface area contributed by atoms with Gasteiger partial charge in [-0.25, -0.2) is 8.42 Å². The van der Waals surface area contributed by atoms with E-state index >= 15 is 0 Å². The van der Waals surface area contributed by atoms with Crippen LogP contribution >= 0.6 is 0 Å². The van der Waals surface area contributed by atoms with Crippen LogP contribution in [0.4, 0.5) is 0 Å². The van der Waals surface area contributed by atoms with Crippen LogP contribution < -0.4 is 4.74 Å². The van der Waals surface area contributed by atoms with Crippen molar-refractivity contribution in [1.29, 1.82) is 0 Å². The van der Waals surface area contributed by atoms with Gasteiger partial charge in [0.1, 0.15) is 5.75 Å². The predicted molar refractivity (Wildman–Crippen MR) is 121 cm³/mol. The first-order valence-corrected chi connectivity index (χ1v) is 12.1. The molecule has 0 bridgehead atoms. The monoisotopic (exact) mass is 440 g/mol. The molecule has 0 N–H and O–H groups in total. The number of carbonyl (C=O) groups is 1. The maximum absolute atomic E-state index is 12.9. The van der Waals surface area contributed by atoms with E-state index in [2.05, 4.69) is 13.8 Å². The Morgan fingerprint density at radius 1 is 1.03 bits per heavy atom. The number of rotatable bonds is 5. The first-order chi connectivity index (χ1) is 14.8. The Balaban J connectivity index is 1.36. The number of fused-ring (bicyclic) bond motifs is 1. The smallest absolute Gasteiger partial charge is 0.246 e. The maximum Gasteiger partial charge on any atom is 0.246 e. The summed E-state index contributed by atoms with van der Waals surface area (Å²) in [7, 11) is -3.55. The molecule has 0 saturated carbocycles. The number of amides is 1. The molecule has 2 heterocycles. The molecule has 1 amide bonds. The summed E-state index contributed by atoms with van der Waals surface area (Å²) in [4.78, 5) is 14.6. The van der Waals surface area contributed by atoms with Gasteiger partial charge in [0.2, 0.25) is 15.9 Å². The molecule has 0 radical (unpaired) electrons. The van der Waals surface area contributed by atoms with Gasteiger partial charge in [-0.05, 0) is 52.9 Å². The molecule has 2 aliphatic heterocycles. The average molecular weight is 441 g/mol. The summed E-state index contributed by atoms with van der Waals surface area (Å²) in [5.74, 6) is 1.17. The molecule has 6 nitrogen and oxygen atoms in total. The summed E-state index contributed by atoms with van der Waals surface area (Å²) in [5, 5.41) is 0. The van der Waals surface area contributed by atoms with Crippen LogP contribution in [-0.2, 0) is 21.2 Å². The van der Waals surface area contributed by atoms with E-state index in [0.29, 0.717) is 43.6 Å². The fourth-order valence-electron chi connectivity index (χ4n) is 3.91. The topological polar surface area (TPSA) is 66.9 Å². The van der Waals surface area contributed by atoms with Gasteiger partial charge in [0.05, 0.1) is 11.5 Å². The van der Waals surface area contributed by atoms with Crippen molar-refractivity contribution in [1.82, 2.24) is 9.21 Å². The zero-order valence-corrected chi connectivity index (χ0v) is 18.8. The van der Waals surface area contributed by atoms with Gasteiger partial charge in [0.15, 0.2) is 0 Å². The standard InChI is InChI=1S/C24H28N2O4S/c1-18(2)20-5-7-22(8-6-20)31(28,29)26-14-12-25(13-15-26)24(27)10-4-19-3-9-23-21(17-19)11-16-30-23/h3-10,17-18H,11-16H2,1-2H3/b10-4+. The average Bonchev–Trinajstić information content (AvgIpc) is 3.25. The lowest BCUT2D eigenvalue weighted by molar-refractivity contribution is -0.127. The molecule has 0 atom stereocenters. The van der Waals surface area contributed by atoms with E-state index in [-0.39, 0.29) is 5.91 Å². The molecule has 0 unspecified atom stereocenters. The minimum Gasteiger partial charge on any atom is -0.493 e. The van der Waals surface area contributed by atoms with E-state index in [4.69, 9.17) is 4.74 Å². The van der Waals surface area contributed by atoms with Crippen LogP contribution in [0.3, 0.4) is 0 Å². The Morgan fingerprint density at radius 3 is 2.42 bits per heavy atom. The van der Waals surface area contributed by atoms with Gasteiger partial charge in [0.25, 0.3) is 0 Å². The number of sulfonamides is 1. The van der Waals surface area contributed by atoms with Crippen molar-refractivity contribution in [3.8, 4) is 5.75 Å². The minimum atomic E-state index is -3.55. The summed E-state index contributed by atoms with van der Waals surface area (Å²) >= 11 is 0. The Kier molecular flexibility index (Phi) is 6.16. The first-order valence-electron chi connectivity index (χ1n) is 10.7. The SMILES string of the molecule is CC(C)c1ccc(S(=O)(=O)N2CCN(C(=O)/C=C/c3ccc4c(c3)CCO4)CC2)cc1. The summed E-state index contributed by atoms with van der Waals surface area (Å²) in [6.45, 7) is 6.21. The van der Waals surface area contributed by atoms with Crippen molar-refractivity contribution in [3.05, 3.63) is 65.2 Å². The zero-order valence-electron chi connectivity index (χ0n) is 18.0. The fraction of sp³-hybridized carbons (Fsp3) is 0.375. The van der Waals surface area contributed by atoms with Gasteiger partial charge in [0, 0.05) is 38.7 Å². The number of ether oxygens (including phenoxy) is 1. The van der Waals surface area contributed by atoms with Crippen molar-refractivity contribution >= 4 is 22.0 Å².